The first-order valence-corrected chi connectivity index (χ1v) is 7.71. The van der Waals surface area contributed by atoms with Gasteiger partial charge in [-0.25, -0.2) is 0 Å². The van der Waals surface area contributed by atoms with Crippen LogP contribution in [0.4, 0.5) is 0 Å². The molecular formula is C16H19NO2S. The molecule has 0 unspecified atom stereocenters. The molecule has 1 aromatic carbocycles. The Morgan fingerprint density at radius 3 is 2.75 bits per heavy atom. The van der Waals surface area contributed by atoms with Gasteiger partial charge in [0.1, 0.15) is 5.76 Å². The van der Waals surface area contributed by atoms with E-state index in [1.807, 2.05) is 31.3 Å². The third-order valence-electron chi connectivity index (χ3n) is 3.14. The first kappa shape index (κ1) is 14.7. The van der Waals surface area contributed by atoms with Gasteiger partial charge in [-0.2, -0.15) is 0 Å². The summed E-state index contributed by atoms with van der Waals surface area (Å²) in [7, 11) is 1.85. The van der Waals surface area contributed by atoms with Gasteiger partial charge in [0, 0.05) is 13.6 Å². The Labute approximate surface area is 124 Å². The van der Waals surface area contributed by atoms with Crippen LogP contribution in [0.1, 0.15) is 16.9 Å². The first-order valence-electron chi connectivity index (χ1n) is 6.55. The van der Waals surface area contributed by atoms with Gasteiger partial charge in [0.15, 0.2) is 0 Å². The molecule has 0 N–H and O–H groups in total. The fraction of sp³-hybridized carbons (Fsp3) is 0.312. The van der Waals surface area contributed by atoms with Crippen molar-refractivity contribution in [2.75, 3.05) is 12.8 Å². The fourth-order valence-electron chi connectivity index (χ4n) is 1.88. The van der Waals surface area contributed by atoms with Crippen LogP contribution in [-0.4, -0.2) is 23.6 Å². The monoisotopic (exact) mass is 289 g/mol. The van der Waals surface area contributed by atoms with Crippen molar-refractivity contribution in [3.63, 3.8) is 0 Å². The molecule has 0 spiro atoms. The van der Waals surface area contributed by atoms with Gasteiger partial charge in [0.2, 0.25) is 5.91 Å². The van der Waals surface area contributed by atoms with E-state index in [1.165, 1.54) is 11.1 Å². The number of benzene rings is 1. The number of amides is 1. The number of hydrogen-bond donors (Lipinski definition) is 0. The maximum atomic E-state index is 12.1. The zero-order chi connectivity index (χ0) is 14.4. The van der Waals surface area contributed by atoms with Crippen LogP contribution in [0.5, 0.6) is 0 Å². The Morgan fingerprint density at radius 1 is 1.25 bits per heavy atom. The van der Waals surface area contributed by atoms with Crippen LogP contribution in [-0.2, 0) is 17.1 Å². The minimum absolute atomic E-state index is 0.143. The standard InChI is InChI=1S/C16H19NO2S/c1-13-6-3-4-7-14(13)10-17(2)16(18)12-20-11-15-8-5-9-19-15/h3-9H,10-12H2,1-2H3. The second-order valence-electron chi connectivity index (χ2n) is 4.75. The van der Waals surface area contributed by atoms with Crippen LogP contribution in [0.15, 0.2) is 47.1 Å². The molecule has 0 aliphatic heterocycles. The van der Waals surface area contributed by atoms with Crippen LogP contribution in [0, 0.1) is 6.92 Å². The van der Waals surface area contributed by atoms with E-state index in [0.29, 0.717) is 12.3 Å². The Kier molecular flexibility index (Phi) is 5.30. The van der Waals surface area contributed by atoms with Gasteiger partial charge >= 0.3 is 0 Å². The molecule has 1 heterocycles. The summed E-state index contributed by atoms with van der Waals surface area (Å²) in [5.74, 6) is 2.26. The molecule has 106 valence electrons. The predicted molar refractivity (Wildman–Crippen MR) is 82.5 cm³/mol. The number of carbonyl (C=O) groups excluding carboxylic acids is 1. The second-order valence-corrected chi connectivity index (χ2v) is 5.73. The van der Waals surface area contributed by atoms with Crippen LogP contribution >= 0.6 is 11.8 Å². The molecule has 20 heavy (non-hydrogen) atoms. The fourth-order valence-corrected chi connectivity index (χ4v) is 2.74. The van der Waals surface area contributed by atoms with Crippen molar-refractivity contribution in [1.29, 1.82) is 0 Å². The summed E-state index contributed by atoms with van der Waals surface area (Å²) in [6, 6.07) is 11.9. The van der Waals surface area contributed by atoms with Crippen molar-refractivity contribution in [2.45, 2.75) is 19.2 Å². The Hall–Kier alpha value is -1.68. The number of furan rings is 1. The summed E-state index contributed by atoms with van der Waals surface area (Å²) in [5.41, 5.74) is 2.41. The molecule has 1 amide bonds. The third kappa shape index (κ3) is 4.17. The van der Waals surface area contributed by atoms with Crippen molar-refractivity contribution in [3.05, 3.63) is 59.5 Å². The highest BCUT2D eigenvalue weighted by Crippen LogP contribution is 2.14. The SMILES string of the molecule is Cc1ccccc1CN(C)C(=O)CSCc1ccco1. The molecule has 0 saturated heterocycles. The number of aryl methyl sites for hydroxylation is 1. The molecule has 1 aromatic heterocycles. The summed E-state index contributed by atoms with van der Waals surface area (Å²) in [4.78, 5) is 13.8. The molecule has 4 heteroatoms. The average Bonchev–Trinajstić information content (AvgIpc) is 2.94. The van der Waals surface area contributed by atoms with Crippen molar-refractivity contribution in [1.82, 2.24) is 4.90 Å². The summed E-state index contributed by atoms with van der Waals surface area (Å²) in [6.45, 7) is 2.73. The molecule has 2 rings (SSSR count). The summed E-state index contributed by atoms with van der Waals surface area (Å²) >= 11 is 1.58. The zero-order valence-electron chi connectivity index (χ0n) is 11.8. The number of nitrogens with zero attached hydrogens (tertiary/aromatic N) is 1. The van der Waals surface area contributed by atoms with Gasteiger partial charge in [-0.1, -0.05) is 24.3 Å². The Morgan fingerprint density at radius 2 is 2.05 bits per heavy atom. The Balaban J connectivity index is 1.79. The molecular weight excluding hydrogens is 270 g/mol. The van der Waals surface area contributed by atoms with E-state index in [0.717, 1.165) is 11.5 Å². The zero-order valence-corrected chi connectivity index (χ0v) is 12.7. The maximum Gasteiger partial charge on any atom is 0.232 e. The lowest BCUT2D eigenvalue weighted by Crippen LogP contribution is -2.28. The topological polar surface area (TPSA) is 33.5 Å². The largest absolute Gasteiger partial charge is 0.468 e. The van der Waals surface area contributed by atoms with E-state index >= 15 is 0 Å². The van der Waals surface area contributed by atoms with Gasteiger partial charge < -0.3 is 9.32 Å². The molecule has 3 nitrogen and oxygen atoms in total. The molecule has 0 fully saturated rings. The number of rotatable bonds is 6. The maximum absolute atomic E-state index is 12.1. The lowest BCUT2D eigenvalue weighted by Gasteiger charge is -2.18. The van der Waals surface area contributed by atoms with E-state index in [4.69, 9.17) is 4.42 Å². The van der Waals surface area contributed by atoms with E-state index in [-0.39, 0.29) is 5.91 Å². The molecule has 0 aliphatic rings. The van der Waals surface area contributed by atoms with Gasteiger partial charge in [-0.05, 0) is 30.2 Å². The molecule has 0 bridgehead atoms. The average molecular weight is 289 g/mol. The van der Waals surface area contributed by atoms with Gasteiger partial charge in [0.05, 0.1) is 17.8 Å². The van der Waals surface area contributed by atoms with Crippen molar-refractivity contribution < 1.29 is 9.21 Å². The van der Waals surface area contributed by atoms with E-state index in [2.05, 4.69) is 19.1 Å². The Bertz CT molecular complexity index is 551. The quantitative estimate of drug-likeness (QED) is 0.816. The van der Waals surface area contributed by atoms with E-state index in [9.17, 15) is 4.79 Å². The van der Waals surface area contributed by atoms with Crippen molar-refractivity contribution in [2.24, 2.45) is 0 Å². The lowest BCUT2D eigenvalue weighted by molar-refractivity contribution is -0.127. The molecule has 2 aromatic rings. The molecule has 0 radical (unpaired) electrons. The summed E-state index contributed by atoms with van der Waals surface area (Å²) in [5, 5.41) is 0. The van der Waals surface area contributed by atoms with Crippen LogP contribution in [0.25, 0.3) is 0 Å². The van der Waals surface area contributed by atoms with Gasteiger partial charge in [0.25, 0.3) is 0 Å². The van der Waals surface area contributed by atoms with Crippen LogP contribution in [0.2, 0.25) is 0 Å². The minimum atomic E-state index is 0.143. The van der Waals surface area contributed by atoms with E-state index < -0.39 is 0 Å². The summed E-state index contributed by atoms with van der Waals surface area (Å²) in [6.07, 6.45) is 1.65. The second kappa shape index (κ2) is 7.20. The van der Waals surface area contributed by atoms with Crippen LogP contribution < -0.4 is 0 Å². The minimum Gasteiger partial charge on any atom is -0.468 e. The lowest BCUT2D eigenvalue weighted by atomic mass is 10.1. The highest BCUT2D eigenvalue weighted by molar-refractivity contribution is 7.99. The van der Waals surface area contributed by atoms with Crippen molar-refractivity contribution in [3.8, 4) is 0 Å². The van der Waals surface area contributed by atoms with Crippen LogP contribution in [0.3, 0.4) is 0 Å². The van der Waals surface area contributed by atoms with Gasteiger partial charge in [-0.15, -0.1) is 11.8 Å². The normalized spacial score (nSPS) is 10.5. The molecule has 0 aliphatic carbocycles. The smallest absolute Gasteiger partial charge is 0.232 e. The van der Waals surface area contributed by atoms with Crippen molar-refractivity contribution >= 4 is 17.7 Å². The molecule has 0 atom stereocenters. The van der Waals surface area contributed by atoms with Gasteiger partial charge in [-0.3, -0.25) is 4.79 Å². The number of thioether (sulfide) groups is 1. The summed E-state index contributed by atoms with van der Waals surface area (Å²) < 4.78 is 5.24. The highest BCUT2D eigenvalue weighted by atomic mass is 32.2. The molecule has 0 saturated carbocycles. The number of carbonyl (C=O) groups is 1. The third-order valence-corrected chi connectivity index (χ3v) is 4.08. The highest BCUT2D eigenvalue weighted by Gasteiger charge is 2.10. The number of hydrogen-bond acceptors (Lipinski definition) is 3. The van der Waals surface area contributed by atoms with E-state index in [1.54, 1.807) is 22.9 Å². The predicted octanol–water partition coefficient (Wildman–Crippen LogP) is 3.48. The first-order chi connectivity index (χ1) is 9.66.